The summed E-state index contributed by atoms with van der Waals surface area (Å²) in [4.78, 5) is 29.9. The minimum absolute atomic E-state index is 0.153. The van der Waals surface area contributed by atoms with Gasteiger partial charge in [0.25, 0.3) is 5.56 Å². The predicted molar refractivity (Wildman–Crippen MR) is 104 cm³/mol. The molecule has 1 aromatic heterocycles. The highest BCUT2D eigenvalue weighted by atomic mass is 35.5. The van der Waals surface area contributed by atoms with Crippen LogP contribution >= 0.6 is 11.6 Å². The van der Waals surface area contributed by atoms with Crippen LogP contribution in [-0.4, -0.2) is 15.6 Å². The molecule has 0 aliphatic rings. The largest absolute Gasteiger partial charge is 0.280 e. The van der Waals surface area contributed by atoms with E-state index in [0.717, 1.165) is 17.5 Å². The Kier molecular flexibility index (Phi) is 5.38. The summed E-state index contributed by atoms with van der Waals surface area (Å²) in [5.74, 6) is 0.254. The maximum absolute atomic E-state index is 12.9. The second-order valence-electron chi connectivity index (χ2n) is 6.03. The van der Waals surface area contributed by atoms with E-state index in [-0.39, 0.29) is 17.9 Å². The van der Waals surface area contributed by atoms with Gasteiger partial charge in [0.1, 0.15) is 5.82 Å². The van der Waals surface area contributed by atoms with Gasteiger partial charge in [0.05, 0.1) is 17.3 Å². The van der Waals surface area contributed by atoms with Gasteiger partial charge in [-0.15, -0.1) is 0 Å². The number of halogens is 1. The lowest BCUT2D eigenvalue weighted by Crippen LogP contribution is -2.37. The third-order valence-corrected chi connectivity index (χ3v) is 4.52. The first-order valence-corrected chi connectivity index (χ1v) is 8.99. The van der Waals surface area contributed by atoms with Gasteiger partial charge in [-0.1, -0.05) is 49.7 Å². The number of nitrogens with zero attached hydrogens (tertiary/aromatic N) is 2. The molecule has 1 amide bonds. The van der Waals surface area contributed by atoms with Gasteiger partial charge < -0.3 is 0 Å². The molecule has 0 unspecified atom stereocenters. The molecular formula is C20H20ClN3O2. The molecule has 1 N–H and O–H groups in total. The molecule has 0 bridgehead atoms. The van der Waals surface area contributed by atoms with Crippen LogP contribution in [0.1, 0.15) is 30.8 Å². The van der Waals surface area contributed by atoms with E-state index in [9.17, 15) is 9.59 Å². The molecule has 5 nitrogen and oxygen atoms in total. The Morgan fingerprint density at radius 3 is 2.50 bits per heavy atom. The smallest absolute Gasteiger partial charge is 0.273 e. The quantitative estimate of drug-likeness (QED) is 0.748. The number of hydrogen-bond acceptors (Lipinski definition) is 3. The maximum atomic E-state index is 12.9. The lowest BCUT2D eigenvalue weighted by atomic mass is 10.1. The third kappa shape index (κ3) is 3.63. The van der Waals surface area contributed by atoms with Crippen molar-refractivity contribution in [2.45, 2.75) is 33.1 Å². The lowest BCUT2D eigenvalue weighted by molar-refractivity contribution is -0.116. The third-order valence-electron chi connectivity index (χ3n) is 4.26. The highest BCUT2D eigenvalue weighted by Crippen LogP contribution is 2.15. The van der Waals surface area contributed by atoms with Crippen molar-refractivity contribution < 1.29 is 4.79 Å². The highest BCUT2D eigenvalue weighted by molar-refractivity contribution is 6.30. The van der Waals surface area contributed by atoms with Crippen molar-refractivity contribution in [3.8, 4) is 0 Å². The number of aromatic nitrogens is 2. The summed E-state index contributed by atoms with van der Waals surface area (Å²) >= 11 is 5.86. The molecular weight excluding hydrogens is 350 g/mol. The monoisotopic (exact) mass is 369 g/mol. The zero-order valence-corrected chi connectivity index (χ0v) is 15.5. The summed E-state index contributed by atoms with van der Waals surface area (Å²) in [6.45, 7) is 3.94. The highest BCUT2D eigenvalue weighted by Gasteiger charge is 2.14. The molecule has 134 valence electrons. The van der Waals surface area contributed by atoms with Crippen LogP contribution in [0.25, 0.3) is 10.9 Å². The van der Waals surface area contributed by atoms with Crippen LogP contribution in [0.5, 0.6) is 0 Å². The molecule has 0 spiro atoms. The Morgan fingerprint density at radius 1 is 1.12 bits per heavy atom. The summed E-state index contributed by atoms with van der Waals surface area (Å²) in [7, 11) is 0. The van der Waals surface area contributed by atoms with E-state index < -0.39 is 0 Å². The fraction of sp³-hybridized carbons (Fsp3) is 0.250. The Hall–Kier alpha value is -2.66. The molecule has 3 aromatic rings. The van der Waals surface area contributed by atoms with Crippen LogP contribution in [0, 0.1) is 0 Å². The van der Waals surface area contributed by atoms with Gasteiger partial charge in [0.15, 0.2) is 0 Å². The number of carbonyl (C=O) groups is 1. The normalized spacial score (nSPS) is 10.9. The van der Waals surface area contributed by atoms with Crippen LogP contribution in [0.3, 0.4) is 0 Å². The molecule has 3 rings (SSSR count). The number of fused-ring (bicyclic) bond motifs is 1. The van der Waals surface area contributed by atoms with Gasteiger partial charge in [-0.3, -0.25) is 15.0 Å². The first-order valence-electron chi connectivity index (χ1n) is 8.61. The molecule has 0 saturated heterocycles. The Morgan fingerprint density at radius 2 is 1.85 bits per heavy atom. The molecule has 0 radical (unpaired) electrons. The van der Waals surface area contributed by atoms with Crippen molar-refractivity contribution in [3.63, 3.8) is 0 Å². The van der Waals surface area contributed by atoms with E-state index in [0.29, 0.717) is 28.2 Å². The zero-order valence-electron chi connectivity index (χ0n) is 14.8. The Balaban J connectivity index is 1.96. The summed E-state index contributed by atoms with van der Waals surface area (Å²) in [6, 6.07) is 12.6. The molecule has 0 fully saturated rings. The van der Waals surface area contributed by atoms with Crippen LogP contribution in [0.2, 0.25) is 5.02 Å². The van der Waals surface area contributed by atoms with Gasteiger partial charge in [-0.05, 0) is 35.7 Å². The molecule has 0 saturated carbocycles. The molecule has 1 heterocycles. The van der Waals surface area contributed by atoms with Gasteiger partial charge >= 0.3 is 0 Å². The molecule has 0 aliphatic heterocycles. The standard InChI is InChI=1S/C20H20ClN3O2/c1-3-14-6-5-7-16-19(14)22-17(4-2)24(20(16)26)23-18(25)12-13-8-10-15(21)11-9-13/h5-11H,3-4,12H2,1-2H3,(H,23,25). The second kappa shape index (κ2) is 7.70. The van der Waals surface area contributed by atoms with Crippen LogP contribution in [0.4, 0.5) is 0 Å². The van der Waals surface area contributed by atoms with E-state index in [1.165, 1.54) is 4.68 Å². The van der Waals surface area contributed by atoms with Crippen molar-refractivity contribution in [2.24, 2.45) is 0 Å². The number of benzene rings is 2. The number of hydrogen-bond donors (Lipinski definition) is 1. The van der Waals surface area contributed by atoms with Crippen molar-refractivity contribution in [3.05, 3.63) is 74.8 Å². The fourth-order valence-corrected chi connectivity index (χ4v) is 3.03. The SMILES string of the molecule is CCc1cccc2c(=O)n(NC(=O)Cc3ccc(Cl)cc3)c(CC)nc12. The summed E-state index contributed by atoms with van der Waals surface area (Å²) in [6.07, 6.45) is 1.48. The van der Waals surface area contributed by atoms with Crippen LogP contribution in [-0.2, 0) is 24.1 Å². The van der Waals surface area contributed by atoms with Gasteiger partial charge in [-0.25, -0.2) is 9.66 Å². The minimum atomic E-state index is -0.281. The van der Waals surface area contributed by atoms with E-state index in [1.807, 2.05) is 26.0 Å². The number of aryl methyl sites for hydroxylation is 2. The molecule has 2 aromatic carbocycles. The zero-order chi connectivity index (χ0) is 18.7. The Labute approximate surface area is 156 Å². The summed E-state index contributed by atoms with van der Waals surface area (Å²) in [5, 5.41) is 1.12. The van der Waals surface area contributed by atoms with Crippen molar-refractivity contribution in [1.29, 1.82) is 0 Å². The number of rotatable bonds is 5. The maximum Gasteiger partial charge on any atom is 0.280 e. The molecule has 0 atom stereocenters. The average Bonchev–Trinajstić information content (AvgIpc) is 2.65. The fourth-order valence-electron chi connectivity index (χ4n) is 2.90. The Bertz CT molecular complexity index is 1010. The number of amides is 1. The summed E-state index contributed by atoms with van der Waals surface area (Å²) in [5.41, 5.74) is 4.98. The van der Waals surface area contributed by atoms with E-state index in [2.05, 4.69) is 10.4 Å². The molecule has 6 heteroatoms. The topological polar surface area (TPSA) is 64.0 Å². The van der Waals surface area contributed by atoms with Crippen molar-refractivity contribution >= 4 is 28.4 Å². The van der Waals surface area contributed by atoms with E-state index in [1.54, 1.807) is 30.3 Å². The first-order chi connectivity index (χ1) is 12.5. The summed E-state index contributed by atoms with van der Waals surface area (Å²) < 4.78 is 1.26. The lowest BCUT2D eigenvalue weighted by Gasteiger charge is -2.14. The van der Waals surface area contributed by atoms with Crippen LogP contribution < -0.4 is 11.0 Å². The molecule has 0 aliphatic carbocycles. The van der Waals surface area contributed by atoms with E-state index >= 15 is 0 Å². The molecule has 26 heavy (non-hydrogen) atoms. The average molecular weight is 370 g/mol. The number of nitrogens with one attached hydrogen (secondary N) is 1. The number of carbonyl (C=O) groups excluding carboxylic acids is 1. The van der Waals surface area contributed by atoms with Crippen molar-refractivity contribution in [2.75, 3.05) is 5.43 Å². The number of para-hydroxylation sites is 1. The van der Waals surface area contributed by atoms with Gasteiger partial charge in [0, 0.05) is 11.4 Å². The minimum Gasteiger partial charge on any atom is -0.273 e. The first kappa shape index (κ1) is 18.1. The van der Waals surface area contributed by atoms with Crippen molar-refractivity contribution in [1.82, 2.24) is 9.66 Å². The predicted octanol–water partition coefficient (Wildman–Crippen LogP) is 3.49. The van der Waals surface area contributed by atoms with Gasteiger partial charge in [0.2, 0.25) is 5.91 Å². The second-order valence-corrected chi connectivity index (χ2v) is 6.46. The van der Waals surface area contributed by atoms with Gasteiger partial charge in [-0.2, -0.15) is 0 Å². The van der Waals surface area contributed by atoms with E-state index in [4.69, 9.17) is 11.6 Å². The van der Waals surface area contributed by atoms with Crippen LogP contribution in [0.15, 0.2) is 47.3 Å².